The summed E-state index contributed by atoms with van der Waals surface area (Å²) >= 11 is 0. The Morgan fingerprint density at radius 2 is 1.57 bits per heavy atom. The van der Waals surface area contributed by atoms with Gasteiger partial charge in [-0.05, 0) is 29.5 Å². The molecule has 0 fully saturated rings. The molecule has 0 saturated carbocycles. The number of aryl methyl sites for hydroxylation is 1. The maximum atomic E-state index is 10.8. The van der Waals surface area contributed by atoms with Crippen LogP contribution >= 0.6 is 0 Å². The highest BCUT2D eigenvalue weighted by atomic mass is 16.3. The molecule has 0 unspecified atom stereocenters. The third-order valence-corrected chi connectivity index (χ3v) is 3.88. The molecule has 0 bridgehead atoms. The second kappa shape index (κ2) is 5.90. The average molecular weight is 284 g/mol. The summed E-state index contributed by atoms with van der Waals surface area (Å²) in [6.07, 6.45) is -0.589. The first kappa shape index (κ1) is 15.6. The van der Waals surface area contributed by atoms with Gasteiger partial charge in [0, 0.05) is 11.5 Å². The van der Waals surface area contributed by atoms with E-state index < -0.39 is 6.10 Å². The lowest BCUT2D eigenvalue weighted by atomic mass is 9.75. The van der Waals surface area contributed by atoms with Crippen molar-refractivity contribution in [2.24, 2.45) is 5.41 Å². The largest absolute Gasteiger partial charge is 0.508 e. The normalized spacial score (nSPS) is 14.7. The average Bonchev–Trinajstić information content (AvgIpc) is 2.41. The van der Waals surface area contributed by atoms with Gasteiger partial charge in [0.25, 0.3) is 0 Å². The molecular formula is C19H24O2. The van der Waals surface area contributed by atoms with Crippen LogP contribution in [0.15, 0.2) is 48.5 Å². The summed E-state index contributed by atoms with van der Waals surface area (Å²) < 4.78 is 0. The number of aliphatic hydroxyl groups is 1. The minimum atomic E-state index is -0.589. The summed E-state index contributed by atoms with van der Waals surface area (Å²) in [6, 6.07) is 15.5. The highest BCUT2D eigenvalue weighted by molar-refractivity contribution is 5.44. The van der Waals surface area contributed by atoms with Crippen LogP contribution in [0.5, 0.6) is 5.75 Å². The van der Waals surface area contributed by atoms with E-state index in [9.17, 15) is 10.2 Å². The summed E-state index contributed by atoms with van der Waals surface area (Å²) in [5, 5.41) is 21.2. The number of phenols is 1. The maximum Gasteiger partial charge on any atom is 0.119 e. The molecule has 2 aromatic rings. The smallest absolute Gasteiger partial charge is 0.119 e. The van der Waals surface area contributed by atoms with Gasteiger partial charge in [-0.25, -0.2) is 0 Å². The molecule has 0 amide bonds. The molecule has 0 saturated heterocycles. The molecule has 0 spiro atoms. The number of phenolic OH excluding ortho intramolecular Hbond substituents is 1. The van der Waals surface area contributed by atoms with Crippen molar-refractivity contribution in [2.75, 3.05) is 0 Å². The van der Waals surface area contributed by atoms with Crippen LogP contribution in [0, 0.1) is 12.3 Å². The molecule has 0 aliphatic rings. The van der Waals surface area contributed by atoms with Gasteiger partial charge in [0.05, 0.1) is 6.10 Å². The standard InChI is InChI=1S/C19H24O2/c1-13-10-11-15(16(20)12-13)17(18(21)19(2,3)4)14-8-6-5-7-9-14/h5-12,17-18,20-21H,1-4H3/t17-,18-/m0/s1. The number of aromatic hydroxyl groups is 1. The van der Waals surface area contributed by atoms with E-state index in [2.05, 4.69) is 0 Å². The van der Waals surface area contributed by atoms with E-state index in [1.54, 1.807) is 6.07 Å². The molecule has 21 heavy (non-hydrogen) atoms. The van der Waals surface area contributed by atoms with E-state index >= 15 is 0 Å². The van der Waals surface area contributed by atoms with Gasteiger partial charge in [0.15, 0.2) is 0 Å². The van der Waals surface area contributed by atoms with Gasteiger partial charge in [0.1, 0.15) is 5.75 Å². The summed E-state index contributed by atoms with van der Waals surface area (Å²) in [6.45, 7) is 7.98. The minimum absolute atomic E-state index is 0.243. The third kappa shape index (κ3) is 3.45. The van der Waals surface area contributed by atoms with E-state index in [0.29, 0.717) is 0 Å². The van der Waals surface area contributed by atoms with Crippen LogP contribution in [0.25, 0.3) is 0 Å². The Kier molecular flexibility index (Phi) is 4.38. The zero-order valence-electron chi connectivity index (χ0n) is 13.2. The van der Waals surface area contributed by atoms with Crippen molar-refractivity contribution < 1.29 is 10.2 Å². The van der Waals surface area contributed by atoms with Gasteiger partial charge in [0.2, 0.25) is 0 Å². The predicted octanol–water partition coefficient (Wildman–Crippen LogP) is 4.24. The zero-order valence-corrected chi connectivity index (χ0v) is 13.2. The van der Waals surface area contributed by atoms with Gasteiger partial charge in [-0.1, -0.05) is 63.2 Å². The number of rotatable bonds is 3. The number of benzene rings is 2. The van der Waals surface area contributed by atoms with E-state index in [4.69, 9.17) is 0 Å². The molecule has 2 nitrogen and oxygen atoms in total. The molecule has 2 aromatic carbocycles. The van der Waals surface area contributed by atoms with Crippen molar-refractivity contribution in [3.05, 3.63) is 65.2 Å². The molecule has 0 aliphatic heterocycles. The topological polar surface area (TPSA) is 40.5 Å². The molecule has 2 heteroatoms. The highest BCUT2D eigenvalue weighted by Crippen LogP contribution is 2.40. The fraction of sp³-hybridized carbons (Fsp3) is 0.368. The van der Waals surface area contributed by atoms with Crippen molar-refractivity contribution in [2.45, 2.75) is 39.7 Å². The van der Waals surface area contributed by atoms with Crippen molar-refractivity contribution in [3.8, 4) is 5.75 Å². The van der Waals surface area contributed by atoms with Gasteiger partial charge >= 0.3 is 0 Å². The monoisotopic (exact) mass is 284 g/mol. The lowest BCUT2D eigenvalue weighted by molar-refractivity contribution is 0.0484. The fourth-order valence-corrected chi connectivity index (χ4v) is 2.61. The summed E-state index contributed by atoms with van der Waals surface area (Å²) in [4.78, 5) is 0. The Morgan fingerprint density at radius 3 is 2.10 bits per heavy atom. The van der Waals surface area contributed by atoms with Crippen molar-refractivity contribution >= 4 is 0 Å². The molecular weight excluding hydrogens is 260 g/mol. The van der Waals surface area contributed by atoms with Gasteiger partial charge in [-0.15, -0.1) is 0 Å². The van der Waals surface area contributed by atoms with Crippen molar-refractivity contribution in [1.82, 2.24) is 0 Å². The van der Waals surface area contributed by atoms with Crippen LogP contribution in [0.2, 0.25) is 0 Å². The fourth-order valence-electron chi connectivity index (χ4n) is 2.61. The first-order chi connectivity index (χ1) is 9.80. The SMILES string of the molecule is Cc1ccc([C@H](c2ccccc2)[C@H](O)C(C)(C)C)c(O)c1. The van der Waals surface area contributed by atoms with Crippen molar-refractivity contribution in [1.29, 1.82) is 0 Å². The Labute approximate surface area is 127 Å². The molecule has 0 radical (unpaired) electrons. The number of aliphatic hydroxyl groups excluding tert-OH is 1. The van der Waals surface area contributed by atoms with Crippen LogP contribution in [0.1, 0.15) is 43.4 Å². The highest BCUT2D eigenvalue weighted by Gasteiger charge is 2.33. The van der Waals surface area contributed by atoms with Gasteiger partial charge < -0.3 is 10.2 Å². The lowest BCUT2D eigenvalue weighted by Gasteiger charge is -2.34. The summed E-state index contributed by atoms with van der Waals surface area (Å²) in [5.41, 5.74) is 2.51. The zero-order chi connectivity index (χ0) is 15.6. The molecule has 112 valence electrons. The molecule has 2 atom stereocenters. The lowest BCUT2D eigenvalue weighted by Crippen LogP contribution is -2.33. The van der Waals surface area contributed by atoms with Gasteiger partial charge in [-0.3, -0.25) is 0 Å². The van der Waals surface area contributed by atoms with Crippen LogP contribution in [-0.4, -0.2) is 16.3 Å². The molecule has 0 aromatic heterocycles. The first-order valence-corrected chi connectivity index (χ1v) is 7.33. The number of hydrogen-bond donors (Lipinski definition) is 2. The Bertz CT molecular complexity index is 597. The van der Waals surface area contributed by atoms with Crippen molar-refractivity contribution in [3.63, 3.8) is 0 Å². The molecule has 0 heterocycles. The molecule has 2 N–H and O–H groups in total. The third-order valence-electron chi connectivity index (χ3n) is 3.88. The predicted molar refractivity (Wildman–Crippen MR) is 86.6 cm³/mol. The Hall–Kier alpha value is -1.80. The Morgan fingerprint density at radius 1 is 0.952 bits per heavy atom. The van der Waals surface area contributed by atoms with E-state index in [1.807, 2.05) is 70.2 Å². The van der Waals surface area contributed by atoms with E-state index in [1.165, 1.54) is 0 Å². The quantitative estimate of drug-likeness (QED) is 0.885. The summed E-state index contributed by atoms with van der Waals surface area (Å²) in [7, 11) is 0. The Balaban J connectivity index is 2.56. The van der Waals surface area contributed by atoms with Crippen LogP contribution in [0.3, 0.4) is 0 Å². The van der Waals surface area contributed by atoms with Crippen LogP contribution in [-0.2, 0) is 0 Å². The van der Waals surface area contributed by atoms with E-state index in [-0.39, 0.29) is 17.1 Å². The molecule has 0 aliphatic carbocycles. The van der Waals surface area contributed by atoms with Gasteiger partial charge in [-0.2, -0.15) is 0 Å². The number of hydrogen-bond acceptors (Lipinski definition) is 2. The van der Waals surface area contributed by atoms with Crippen LogP contribution in [0.4, 0.5) is 0 Å². The minimum Gasteiger partial charge on any atom is -0.508 e. The maximum absolute atomic E-state index is 10.8. The summed E-state index contributed by atoms with van der Waals surface area (Å²) in [5.74, 6) is -0.000969. The second-order valence-electron chi connectivity index (χ2n) is 6.76. The van der Waals surface area contributed by atoms with E-state index in [0.717, 1.165) is 16.7 Å². The first-order valence-electron chi connectivity index (χ1n) is 7.33. The second-order valence-corrected chi connectivity index (χ2v) is 6.76. The molecule has 2 rings (SSSR count). The van der Waals surface area contributed by atoms with Crippen LogP contribution < -0.4 is 0 Å².